The van der Waals surface area contributed by atoms with E-state index in [1.54, 1.807) is 12.5 Å². The summed E-state index contributed by atoms with van der Waals surface area (Å²) in [6.07, 6.45) is 5.85. The minimum atomic E-state index is -0.0544. The molecule has 1 aromatic heterocycles. The van der Waals surface area contributed by atoms with Crippen LogP contribution >= 0.6 is 0 Å². The summed E-state index contributed by atoms with van der Waals surface area (Å²) >= 11 is 0. The lowest BCUT2D eigenvalue weighted by atomic mass is 9.95. The third-order valence-electron chi connectivity index (χ3n) is 4.25. The second kappa shape index (κ2) is 5.67. The number of fused-ring (bicyclic) bond motifs is 1. The highest BCUT2D eigenvalue weighted by Gasteiger charge is 2.21. The number of nitrogens with zero attached hydrogens (tertiary/aromatic N) is 3. The number of aromatic nitrogens is 2. The molecule has 116 valence electrons. The van der Waals surface area contributed by atoms with Gasteiger partial charge in [0.1, 0.15) is 0 Å². The Labute approximate surface area is 139 Å². The first-order valence-electron chi connectivity index (χ1n) is 7.65. The number of rotatable bonds is 3. The number of nitrogens with one attached hydrogen (secondary N) is 1. The molecule has 0 aliphatic carbocycles. The van der Waals surface area contributed by atoms with E-state index in [9.17, 15) is 4.79 Å². The minimum absolute atomic E-state index is 0.0275. The van der Waals surface area contributed by atoms with Gasteiger partial charge in [0.25, 0.3) is 0 Å². The summed E-state index contributed by atoms with van der Waals surface area (Å²) in [4.78, 5) is 15.7. The van der Waals surface area contributed by atoms with Crippen LogP contribution in [-0.2, 0) is 11.2 Å². The molecular formula is C19H14N4O. The van der Waals surface area contributed by atoms with Gasteiger partial charge in [-0.25, -0.2) is 4.98 Å². The van der Waals surface area contributed by atoms with E-state index in [0.717, 1.165) is 22.4 Å². The van der Waals surface area contributed by atoms with E-state index in [0.29, 0.717) is 12.0 Å². The van der Waals surface area contributed by atoms with E-state index in [-0.39, 0.29) is 11.9 Å². The molecular weight excluding hydrogens is 300 g/mol. The monoisotopic (exact) mass is 314 g/mol. The molecule has 3 aromatic rings. The fraction of sp³-hybridized carbons (Fsp3) is 0.105. The fourth-order valence-electron chi connectivity index (χ4n) is 3.12. The van der Waals surface area contributed by atoms with Gasteiger partial charge >= 0.3 is 0 Å². The van der Waals surface area contributed by atoms with Gasteiger partial charge in [-0.05, 0) is 34.9 Å². The largest absolute Gasteiger partial charge is 0.326 e. The van der Waals surface area contributed by atoms with Crippen molar-refractivity contribution in [2.45, 2.75) is 12.5 Å². The molecule has 2 heterocycles. The van der Waals surface area contributed by atoms with Crippen molar-refractivity contribution in [3.63, 3.8) is 0 Å². The molecule has 0 fully saturated rings. The molecule has 0 radical (unpaired) electrons. The molecule has 1 amide bonds. The molecule has 0 saturated heterocycles. The first kappa shape index (κ1) is 14.2. The Bertz CT molecular complexity index is 936. The van der Waals surface area contributed by atoms with Crippen LogP contribution in [0, 0.1) is 11.3 Å². The van der Waals surface area contributed by atoms with E-state index < -0.39 is 0 Å². The molecule has 5 nitrogen and oxygen atoms in total. The van der Waals surface area contributed by atoms with Gasteiger partial charge in [0.15, 0.2) is 0 Å². The molecule has 0 saturated carbocycles. The fourth-order valence-corrected chi connectivity index (χ4v) is 3.12. The van der Waals surface area contributed by atoms with Crippen molar-refractivity contribution in [2.75, 3.05) is 5.32 Å². The maximum Gasteiger partial charge on any atom is 0.228 e. The topological polar surface area (TPSA) is 70.7 Å². The van der Waals surface area contributed by atoms with E-state index in [1.807, 2.05) is 47.2 Å². The highest BCUT2D eigenvalue weighted by Crippen LogP contribution is 2.31. The zero-order valence-electron chi connectivity index (χ0n) is 12.8. The van der Waals surface area contributed by atoms with Gasteiger partial charge in [0.05, 0.1) is 30.4 Å². The quantitative estimate of drug-likeness (QED) is 0.808. The third-order valence-corrected chi connectivity index (χ3v) is 4.25. The van der Waals surface area contributed by atoms with Gasteiger partial charge in [-0.3, -0.25) is 4.79 Å². The molecule has 24 heavy (non-hydrogen) atoms. The summed E-state index contributed by atoms with van der Waals surface area (Å²) in [7, 11) is 0. The highest BCUT2D eigenvalue weighted by atomic mass is 16.1. The van der Waals surface area contributed by atoms with Crippen LogP contribution in [0.25, 0.3) is 0 Å². The van der Waals surface area contributed by atoms with E-state index in [2.05, 4.69) is 22.4 Å². The Morgan fingerprint density at radius 2 is 1.96 bits per heavy atom. The number of imidazole rings is 1. The predicted molar refractivity (Wildman–Crippen MR) is 89.4 cm³/mol. The first-order valence-corrected chi connectivity index (χ1v) is 7.65. The van der Waals surface area contributed by atoms with Crippen molar-refractivity contribution in [1.29, 1.82) is 5.26 Å². The van der Waals surface area contributed by atoms with Crippen LogP contribution in [0.2, 0.25) is 0 Å². The van der Waals surface area contributed by atoms with E-state index in [4.69, 9.17) is 5.26 Å². The van der Waals surface area contributed by atoms with Gasteiger partial charge in [0.2, 0.25) is 5.91 Å². The van der Waals surface area contributed by atoms with Crippen LogP contribution in [0.3, 0.4) is 0 Å². The summed E-state index contributed by atoms with van der Waals surface area (Å²) < 4.78 is 2.02. The molecule has 4 rings (SSSR count). The van der Waals surface area contributed by atoms with Crippen LogP contribution < -0.4 is 5.32 Å². The van der Waals surface area contributed by atoms with Crippen molar-refractivity contribution in [2.24, 2.45) is 0 Å². The first-order chi connectivity index (χ1) is 11.7. The van der Waals surface area contributed by atoms with Gasteiger partial charge in [-0.2, -0.15) is 5.26 Å². The average Bonchev–Trinajstić information content (AvgIpc) is 3.24. The van der Waals surface area contributed by atoms with Crippen molar-refractivity contribution in [3.05, 3.63) is 83.4 Å². The zero-order chi connectivity index (χ0) is 16.5. The summed E-state index contributed by atoms with van der Waals surface area (Å²) in [6.45, 7) is 0. The van der Waals surface area contributed by atoms with Crippen molar-refractivity contribution in [1.82, 2.24) is 9.55 Å². The second-order valence-electron chi connectivity index (χ2n) is 5.79. The van der Waals surface area contributed by atoms with Crippen molar-refractivity contribution >= 4 is 11.6 Å². The summed E-state index contributed by atoms with van der Waals surface area (Å²) in [6, 6.07) is 15.7. The SMILES string of the molecule is N#Cc1ccc(C(c2ccc3c(c2)CC(=O)N3)n2ccnc2)cc1. The zero-order valence-corrected chi connectivity index (χ0v) is 12.8. The lowest BCUT2D eigenvalue weighted by molar-refractivity contribution is -0.115. The molecule has 1 unspecified atom stereocenters. The smallest absolute Gasteiger partial charge is 0.228 e. The maximum atomic E-state index is 11.6. The molecule has 1 aliphatic rings. The van der Waals surface area contributed by atoms with E-state index >= 15 is 0 Å². The lowest BCUT2D eigenvalue weighted by Crippen LogP contribution is -2.11. The molecule has 2 aromatic carbocycles. The average molecular weight is 314 g/mol. The van der Waals surface area contributed by atoms with Crippen molar-refractivity contribution < 1.29 is 4.79 Å². The highest BCUT2D eigenvalue weighted by molar-refractivity contribution is 5.99. The van der Waals surface area contributed by atoms with E-state index in [1.165, 1.54) is 0 Å². The van der Waals surface area contributed by atoms with Gasteiger partial charge < -0.3 is 9.88 Å². The van der Waals surface area contributed by atoms with Crippen LogP contribution in [0.1, 0.15) is 28.3 Å². The Morgan fingerprint density at radius 1 is 1.17 bits per heavy atom. The molecule has 0 bridgehead atoms. The standard InChI is InChI=1S/C19H14N4O/c20-11-13-1-3-14(4-2-13)19(23-8-7-21-12-23)15-5-6-17-16(9-15)10-18(24)22-17/h1-9,12,19H,10H2,(H,22,24). The van der Waals surface area contributed by atoms with Gasteiger partial charge in [0, 0.05) is 18.1 Å². The number of amides is 1. The maximum absolute atomic E-state index is 11.6. The summed E-state index contributed by atoms with van der Waals surface area (Å²) in [5.74, 6) is 0.0275. The number of carbonyl (C=O) groups is 1. The molecule has 0 spiro atoms. The number of carbonyl (C=O) groups excluding carboxylic acids is 1. The summed E-state index contributed by atoms with van der Waals surface area (Å²) in [5.41, 5.74) is 4.66. The molecule has 1 N–H and O–H groups in total. The Balaban J connectivity index is 1.81. The Morgan fingerprint density at radius 3 is 2.67 bits per heavy atom. The van der Waals surface area contributed by atoms with Gasteiger partial charge in [-0.15, -0.1) is 0 Å². The normalized spacial score (nSPS) is 13.9. The number of benzene rings is 2. The lowest BCUT2D eigenvalue weighted by Gasteiger charge is -2.20. The Kier molecular flexibility index (Phi) is 3.36. The molecule has 1 atom stereocenters. The van der Waals surface area contributed by atoms with Crippen LogP contribution in [0.15, 0.2) is 61.2 Å². The third kappa shape index (κ3) is 2.44. The van der Waals surface area contributed by atoms with Gasteiger partial charge in [-0.1, -0.05) is 24.3 Å². The number of nitriles is 1. The molecule has 1 aliphatic heterocycles. The minimum Gasteiger partial charge on any atom is -0.326 e. The second-order valence-corrected chi connectivity index (χ2v) is 5.79. The van der Waals surface area contributed by atoms with Crippen LogP contribution in [0.4, 0.5) is 5.69 Å². The number of hydrogen-bond donors (Lipinski definition) is 1. The number of hydrogen-bond acceptors (Lipinski definition) is 3. The number of anilines is 1. The van der Waals surface area contributed by atoms with Crippen molar-refractivity contribution in [3.8, 4) is 6.07 Å². The van der Waals surface area contributed by atoms with Crippen LogP contribution in [-0.4, -0.2) is 15.5 Å². The predicted octanol–water partition coefficient (Wildman–Crippen LogP) is 2.89. The molecule has 5 heteroatoms. The van der Waals surface area contributed by atoms with Crippen LogP contribution in [0.5, 0.6) is 0 Å². The Hall–Kier alpha value is -3.39. The summed E-state index contributed by atoms with van der Waals surface area (Å²) in [5, 5.41) is 11.9.